The molecule has 0 spiro atoms. The number of fused-ring (bicyclic) bond motifs is 1. The lowest BCUT2D eigenvalue weighted by molar-refractivity contribution is 0.102. The number of H-pyrrole nitrogens is 2. The molecular formula is C11H11N7O2. The van der Waals surface area contributed by atoms with Crippen LogP contribution in [0.4, 0.5) is 5.95 Å². The van der Waals surface area contributed by atoms with Gasteiger partial charge in [-0.3, -0.25) is 10.1 Å². The number of ether oxygens (including phenoxy) is 1. The van der Waals surface area contributed by atoms with Gasteiger partial charge < -0.3 is 4.74 Å². The molecule has 0 unspecified atom stereocenters. The molecule has 1 amide bonds. The third kappa shape index (κ3) is 2.28. The molecule has 0 atom stereocenters. The molecule has 0 radical (unpaired) electrons. The number of benzene rings is 1. The van der Waals surface area contributed by atoms with E-state index in [-0.39, 0.29) is 17.9 Å². The van der Waals surface area contributed by atoms with Crippen LogP contribution in [-0.2, 0) is 0 Å². The molecule has 0 aliphatic rings. The van der Waals surface area contributed by atoms with Crippen molar-refractivity contribution in [3.8, 4) is 6.01 Å². The molecule has 0 saturated heterocycles. The van der Waals surface area contributed by atoms with Crippen LogP contribution in [0.3, 0.4) is 0 Å². The average Bonchev–Trinajstić information content (AvgIpc) is 3.07. The van der Waals surface area contributed by atoms with Gasteiger partial charge in [-0.25, -0.2) is 5.10 Å². The smallest absolute Gasteiger partial charge is 0.337 e. The SMILES string of the molecule is CCOc1n[nH]c(NC(=O)c2ccc3n[nH]nc3c2)n1. The zero-order valence-electron chi connectivity index (χ0n) is 10.5. The summed E-state index contributed by atoms with van der Waals surface area (Å²) in [5, 5.41) is 19.3. The van der Waals surface area contributed by atoms with Crippen molar-refractivity contribution < 1.29 is 9.53 Å². The van der Waals surface area contributed by atoms with Crippen LogP contribution in [-0.4, -0.2) is 43.1 Å². The van der Waals surface area contributed by atoms with Crippen molar-refractivity contribution in [2.45, 2.75) is 6.92 Å². The molecule has 9 nitrogen and oxygen atoms in total. The van der Waals surface area contributed by atoms with E-state index in [0.717, 1.165) is 0 Å². The fourth-order valence-corrected chi connectivity index (χ4v) is 1.66. The number of nitrogens with zero attached hydrogens (tertiary/aromatic N) is 4. The van der Waals surface area contributed by atoms with E-state index in [2.05, 4.69) is 35.9 Å². The van der Waals surface area contributed by atoms with Crippen molar-refractivity contribution >= 4 is 22.9 Å². The second kappa shape index (κ2) is 4.96. The molecule has 0 saturated carbocycles. The number of nitrogens with one attached hydrogen (secondary N) is 3. The van der Waals surface area contributed by atoms with Crippen LogP contribution < -0.4 is 10.1 Å². The fraction of sp³-hybridized carbons (Fsp3) is 0.182. The Morgan fingerprint density at radius 1 is 1.30 bits per heavy atom. The third-order valence-corrected chi connectivity index (χ3v) is 2.55. The van der Waals surface area contributed by atoms with Crippen LogP contribution in [0.15, 0.2) is 18.2 Å². The third-order valence-electron chi connectivity index (χ3n) is 2.55. The van der Waals surface area contributed by atoms with Gasteiger partial charge >= 0.3 is 6.01 Å². The Labute approximate surface area is 112 Å². The Morgan fingerprint density at radius 2 is 2.15 bits per heavy atom. The van der Waals surface area contributed by atoms with E-state index >= 15 is 0 Å². The summed E-state index contributed by atoms with van der Waals surface area (Å²) in [6, 6.07) is 5.18. The fourth-order valence-electron chi connectivity index (χ4n) is 1.66. The summed E-state index contributed by atoms with van der Waals surface area (Å²) in [7, 11) is 0. The molecule has 0 fully saturated rings. The number of hydrogen-bond donors (Lipinski definition) is 3. The number of carbonyl (C=O) groups excluding carboxylic acids is 1. The minimum Gasteiger partial charge on any atom is -0.463 e. The zero-order chi connectivity index (χ0) is 13.9. The highest BCUT2D eigenvalue weighted by Crippen LogP contribution is 2.12. The molecule has 2 heterocycles. The molecule has 3 rings (SSSR count). The molecule has 102 valence electrons. The van der Waals surface area contributed by atoms with Gasteiger partial charge in [0.1, 0.15) is 11.0 Å². The quantitative estimate of drug-likeness (QED) is 0.644. The van der Waals surface area contributed by atoms with Crippen molar-refractivity contribution in [2.24, 2.45) is 0 Å². The first-order chi connectivity index (χ1) is 9.76. The van der Waals surface area contributed by atoms with E-state index in [4.69, 9.17) is 4.74 Å². The summed E-state index contributed by atoms with van der Waals surface area (Å²) in [4.78, 5) is 16.0. The molecule has 0 aliphatic carbocycles. The van der Waals surface area contributed by atoms with Crippen LogP contribution in [0.1, 0.15) is 17.3 Å². The summed E-state index contributed by atoms with van der Waals surface area (Å²) in [6.45, 7) is 2.27. The highest BCUT2D eigenvalue weighted by molar-refractivity contribution is 6.05. The van der Waals surface area contributed by atoms with E-state index in [1.807, 2.05) is 6.92 Å². The van der Waals surface area contributed by atoms with E-state index < -0.39 is 0 Å². The lowest BCUT2D eigenvalue weighted by atomic mass is 10.2. The molecule has 2 aromatic heterocycles. The minimum atomic E-state index is -0.325. The summed E-state index contributed by atoms with van der Waals surface area (Å²) in [5.41, 5.74) is 1.76. The lowest BCUT2D eigenvalue weighted by Gasteiger charge is -2.00. The summed E-state index contributed by atoms with van der Waals surface area (Å²) in [5.74, 6) is -0.104. The predicted molar refractivity (Wildman–Crippen MR) is 69.4 cm³/mol. The Hall–Kier alpha value is -2.97. The number of aromatic nitrogens is 6. The number of carbonyl (C=O) groups is 1. The van der Waals surface area contributed by atoms with Gasteiger partial charge in [0.25, 0.3) is 5.91 Å². The van der Waals surface area contributed by atoms with E-state index in [9.17, 15) is 4.79 Å². The van der Waals surface area contributed by atoms with Crippen molar-refractivity contribution in [2.75, 3.05) is 11.9 Å². The van der Waals surface area contributed by atoms with Gasteiger partial charge in [0.2, 0.25) is 5.95 Å². The maximum atomic E-state index is 12.0. The van der Waals surface area contributed by atoms with Gasteiger partial charge in [0.15, 0.2) is 0 Å². The lowest BCUT2D eigenvalue weighted by Crippen LogP contribution is -2.12. The number of anilines is 1. The van der Waals surface area contributed by atoms with E-state index in [1.54, 1.807) is 18.2 Å². The Kier molecular flexibility index (Phi) is 2.99. The first kappa shape index (κ1) is 12.1. The number of amides is 1. The molecule has 0 bridgehead atoms. The summed E-state index contributed by atoms with van der Waals surface area (Å²) in [6.07, 6.45) is 0. The number of aromatic amines is 2. The topological polar surface area (TPSA) is 121 Å². The minimum absolute atomic E-state index is 0.190. The molecule has 3 N–H and O–H groups in total. The van der Waals surface area contributed by atoms with E-state index in [1.165, 1.54) is 0 Å². The summed E-state index contributed by atoms with van der Waals surface area (Å²) >= 11 is 0. The molecule has 0 aliphatic heterocycles. The van der Waals surface area contributed by atoms with Gasteiger partial charge in [-0.1, -0.05) is 0 Å². The number of hydrogen-bond acceptors (Lipinski definition) is 6. The second-order valence-electron chi connectivity index (χ2n) is 3.88. The Bertz CT molecular complexity index is 748. The van der Waals surface area contributed by atoms with Crippen molar-refractivity contribution in [1.29, 1.82) is 0 Å². The molecule has 1 aromatic carbocycles. The molecule has 20 heavy (non-hydrogen) atoms. The largest absolute Gasteiger partial charge is 0.463 e. The highest BCUT2D eigenvalue weighted by Gasteiger charge is 2.11. The molecule has 9 heteroatoms. The molecule has 3 aromatic rings. The maximum absolute atomic E-state index is 12.0. The highest BCUT2D eigenvalue weighted by atomic mass is 16.5. The van der Waals surface area contributed by atoms with Gasteiger partial charge in [0.05, 0.1) is 6.61 Å². The predicted octanol–water partition coefficient (Wildman–Crippen LogP) is 0.727. The standard InChI is InChI=1S/C11H11N7O2/c1-2-20-11-13-10(16-17-11)12-9(19)6-3-4-7-8(5-6)15-18-14-7/h3-5H,2H2,1H3,(H,14,15,18)(H2,12,13,16,17,19). The van der Waals surface area contributed by atoms with Gasteiger partial charge in [-0.2, -0.15) is 20.4 Å². The van der Waals surface area contributed by atoms with Gasteiger partial charge in [0, 0.05) is 5.56 Å². The maximum Gasteiger partial charge on any atom is 0.337 e. The average molecular weight is 273 g/mol. The van der Waals surface area contributed by atoms with E-state index in [0.29, 0.717) is 23.2 Å². The van der Waals surface area contributed by atoms with Crippen LogP contribution in [0.2, 0.25) is 0 Å². The number of rotatable bonds is 4. The monoisotopic (exact) mass is 273 g/mol. The first-order valence-electron chi connectivity index (χ1n) is 5.93. The normalized spacial score (nSPS) is 10.7. The van der Waals surface area contributed by atoms with Crippen LogP contribution in [0.5, 0.6) is 6.01 Å². The van der Waals surface area contributed by atoms with Crippen molar-refractivity contribution in [1.82, 2.24) is 30.6 Å². The van der Waals surface area contributed by atoms with Crippen LogP contribution in [0, 0.1) is 0 Å². The molecular weight excluding hydrogens is 262 g/mol. The zero-order valence-corrected chi connectivity index (χ0v) is 10.5. The van der Waals surface area contributed by atoms with Gasteiger partial charge in [-0.05, 0) is 25.1 Å². The Morgan fingerprint density at radius 3 is 3.00 bits per heavy atom. The Balaban J connectivity index is 1.77. The van der Waals surface area contributed by atoms with Crippen molar-refractivity contribution in [3.05, 3.63) is 23.8 Å². The first-order valence-corrected chi connectivity index (χ1v) is 5.93. The second-order valence-corrected chi connectivity index (χ2v) is 3.88. The van der Waals surface area contributed by atoms with Crippen molar-refractivity contribution in [3.63, 3.8) is 0 Å². The summed E-state index contributed by atoms with van der Waals surface area (Å²) < 4.78 is 5.09. The van der Waals surface area contributed by atoms with Crippen LogP contribution in [0.25, 0.3) is 11.0 Å². The van der Waals surface area contributed by atoms with Gasteiger partial charge in [-0.15, -0.1) is 5.10 Å². The van der Waals surface area contributed by atoms with Crippen LogP contribution >= 0.6 is 0 Å².